The molecule has 0 radical (unpaired) electrons. The fraction of sp³-hybridized carbons (Fsp3) is 0.333. The van der Waals surface area contributed by atoms with Crippen LogP contribution in [-0.4, -0.2) is 36.8 Å². The number of carbonyl (C=O) groups is 1. The molecule has 1 aliphatic rings. The van der Waals surface area contributed by atoms with Gasteiger partial charge >= 0.3 is 6.09 Å². The highest BCUT2D eigenvalue weighted by atomic mass is 35.5. The van der Waals surface area contributed by atoms with Crippen molar-refractivity contribution < 1.29 is 14.3 Å². The highest BCUT2D eigenvalue weighted by Crippen LogP contribution is 2.17. The lowest BCUT2D eigenvalue weighted by Crippen LogP contribution is -2.27. The van der Waals surface area contributed by atoms with Crippen LogP contribution in [-0.2, 0) is 4.74 Å². The molecule has 1 heterocycles. The van der Waals surface area contributed by atoms with Gasteiger partial charge in [-0.3, -0.25) is 4.90 Å². The Morgan fingerprint density at radius 2 is 2.22 bits per heavy atom. The van der Waals surface area contributed by atoms with Crippen molar-refractivity contribution >= 4 is 17.7 Å². The van der Waals surface area contributed by atoms with Gasteiger partial charge in [-0.15, -0.1) is 0 Å². The molecule has 0 aliphatic carbocycles. The van der Waals surface area contributed by atoms with Crippen LogP contribution in [0.25, 0.3) is 0 Å². The predicted molar refractivity (Wildman–Crippen MR) is 64.4 cm³/mol. The van der Waals surface area contributed by atoms with E-state index in [9.17, 15) is 4.79 Å². The van der Waals surface area contributed by atoms with Crippen LogP contribution >= 0.6 is 11.6 Å². The molecule has 94 valence electrons. The van der Waals surface area contributed by atoms with Crippen LogP contribution in [0, 0.1) is 11.3 Å². The lowest BCUT2D eigenvalue weighted by molar-refractivity contribution is 0.103. The Balaban J connectivity index is 1.83. The van der Waals surface area contributed by atoms with Crippen molar-refractivity contribution in [2.24, 2.45) is 0 Å². The number of ether oxygens (including phenoxy) is 2. The van der Waals surface area contributed by atoms with Crippen molar-refractivity contribution in [2.75, 3.05) is 19.7 Å². The summed E-state index contributed by atoms with van der Waals surface area (Å²) in [6.45, 7) is 0.672. The average molecular weight is 267 g/mol. The number of cyclic esters (lactones) is 1. The van der Waals surface area contributed by atoms with Gasteiger partial charge < -0.3 is 9.47 Å². The van der Waals surface area contributed by atoms with E-state index in [-0.39, 0.29) is 19.3 Å². The van der Waals surface area contributed by atoms with Gasteiger partial charge in [-0.1, -0.05) is 11.6 Å². The number of amides is 1. The van der Waals surface area contributed by atoms with Crippen LogP contribution in [0.3, 0.4) is 0 Å². The number of rotatable bonds is 4. The standard InChI is InChI=1S/C12H11ClN2O3/c13-9-1-3-10(4-2-9)17-8-11-7-15(6-5-14)12(16)18-11/h1-4,11H,6-8H2. The van der Waals surface area contributed by atoms with Gasteiger partial charge in [0.2, 0.25) is 0 Å². The van der Waals surface area contributed by atoms with Crippen LogP contribution in [0.15, 0.2) is 24.3 Å². The Hall–Kier alpha value is -1.93. The zero-order chi connectivity index (χ0) is 13.0. The molecule has 1 unspecified atom stereocenters. The molecule has 1 fully saturated rings. The molecular formula is C12H11ClN2O3. The number of nitrogens with zero attached hydrogens (tertiary/aromatic N) is 2. The van der Waals surface area contributed by atoms with Gasteiger partial charge in [-0.2, -0.15) is 5.26 Å². The van der Waals surface area contributed by atoms with E-state index in [0.717, 1.165) is 0 Å². The first-order valence-corrected chi connectivity index (χ1v) is 5.77. The summed E-state index contributed by atoms with van der Waals surface area (Å²) in [6, 6.07) is 8.84. The molecule has 5 nitrogen and oxygen atoms in total. The van der Waals surface area contributed by atoms with Crippen LogP contribution < -0.4 is 4.74 Å². The van der Waals surface area contributed by atoms with Crippen LogP contribution in [0.1, 0.15) is 0 Å². The number of carbonyl (C=O) groups excluding carboxylic acids is 1. The van der Waals surface area contributed by atoms with Crippen molar-refractivity contribution in [1.82, 2.24) is 4.90 Å². The summed E-state index contributed by atoms with van der Waals surface area (Å²) in [5.41, 5.74) is 0. The van der Waals surface area contributed by atoms with Crippen LogP contribution in [0.5, 0.6) is 5.75 Å². The molecule has 1 amide bonds. The van der Waals surface area contributed by atoms with Crippen LogP contribution in [0.2, 0.25) is 5.02 Å². The maximum absolute atomic E-state index is 11.3. The number of benzene rings is 1. The first-order valence-electron chi connectivity index (χ1n) is 5.40. The maximum Gasteiger partial charge on any atom is 0.411 e. The highest BCUT2D eigenvalue weighted by molar-refractivity contribution is 6.30. The molecule has 18 heavy (non-hydrogen) atoms. The average Bonchev–Trinajstić information content (AvgIpc) is 2.70. The van der Waals surface area contributed by atoms with E-state index in [2.05, 4.69) is 0 Å². The number of hydrogen-bond acceptors (Lipinski definition) is 4. The molecule has 0 spiro atoms. The van der Waals surface area contributed by atoms with Crippen molar-refractivity contribution in [2.45, 2.75) is 6.10 Å². The van der Waals surface area contributed by atoms with E-state index in [1.54, 1.807) is 24.3 Å². The quantitative estimate of drug-likeness (QED) is 0.783. The molecule has 2 rings (SSSR count). The minimum atomic E-state index is -0.471. The van der Waals surface area contributed by atoms with E-state index >= 15 is 0 Å². The Morgan fingerprint density at radius 1 is 1.50 bits per heavy atom. The monoisotopic (exact) mass is 266 g/mol. The first kappa shape index (κ1) is 12.5. The van der Waals surface area contributed by atoms with Gasteiger partial charge in [0.05, 0.1) is 12.6 Å². The summed E-state index contributed by atoms with van der Waals surface area (Å²) in [7, 11) is 0. The van der Waals surface area contributed by atoms with Gasteiger partial charge in [0, 0.05) is 5.02 Å². The zero-order valence-electron chi connectivity index (χ0n) is 9.51. The predicted octanol–water partition coefficient (Wildman–Crippen LogP) is 2.06. The third kappa shape index (κ3) is 3.05. The van der Waals surface area contributed by atoms with Gasteiger partial charge in [-0.05, 0) is 24.3 Å². The summed E-state index contributed by atoms with van der Waals surface area (Å²) in [5.74, 6) is 0.661. The highest BCUT2D eigenvalue weighted by Gasteiger charge is 2.31. The molecule has 1 saturated heterocycles. The minimum Gasteiger partial charge on any atom is -0.490 e. The first-order chi connectivity index (χ1) is 8.69. The summed E-state index contributed by atoms with van der Waals surface area (Å²) < 4.78 is 10.5. The van der Waals surface area contributed by atoms with Crippen molar-refractivity contribution in [3.8, 4) is 11.8 Å². The van der Waals surface area contributed by atoms with Gasteiger partial charge in [0.25, 0.3) is 0 Å². The molecule has 0 aromatic heterocycles. The molecule has 0 N–H and O–H groups in total. The number of nitriles is 1. The molecule has 1 aliphatic heterocycles. The number of hydrogen-bond donors (Lipinski definition) is 0. The zero-order valence-corrected chi connectivity index (χ0v) is 10.3. The second-order valence-corrected chi connectivity index (χ2v) is 4.25. The fourth-order valence-electron chi connectivity index (χ4n) is 1.60. The van der Waals surface area contributed by atoms with E-state index in [1.165, 1.54) is 4.90 Å². The van der Waals surface area contributed by atoms with Gasteiger partial charge in [-0.25, -0.2) is 4.79 Å². The second kappa shape index (κ2) is 5.61. The third-order valence-electron chi connectivity index (χ3n) is 2.46. The van der Waals surface area contributed by atoms with E-state index in [0.29, 0.717) is 17.3 Å². The smallest absolute Gasteiger partial charge is 0.411 e. The van der Waals surface area contributed by atoms with Crippen molar-refractivity contribution in [1.29, 1.82) is 5.26 Å². The fourth-order valence-corrected chi connectivity index (χ4v) is 1.72. The SMILES string of the molecule is N#CCN1CC(COc2ccc(Cl)cc2)OC1=O. The molecule has 1 aromatic rings. The van der Waals surface area contributed by atoms with Crippen LogP contribution in [0.4, 0.5) is 4.79 Å². The lowest BCUT2D eigenvalue weighted by Gasteiger charge is -2.10. The maximum atomic E-state index is 11.3. The summed E-state index contributed by atoms with van der Waals surface area (Å²) >= 11 is 5.75. The normalized spacial score (nSPS) is 18.3. The molecule has 0 saturated carbocycles. The summed E-state index contributed by atoms with van der Waals surface area (Å²) in [5, 5.41) is 9.16. The minimum absolute atomic E-state index is 0.0380. The largest absolute Gasteiger partial charge is 0.490 e. The Kier molecular flexibility index (Phi) is 3.90. The second-order valence-electron chi connectivity index (χ2n) is 3.81. The Labute approximate surface area is 109 Å². The Morgan fingerprint density at radius 3 is 2.89 bits per heavy atom. The van der Waals surface area contributed by atoms with Gasteiger partial charge in [0.1, 0.15) is 18.9 Å². The van der Waals surface area contributed by atoms with E-state index in [4.69, 9.17) is 26.3 Å². The summed E-state index contributed by atoms with van der Waals surface area (Å²) in [6.07, 6.45) is -0.817. The topological polar surface area (TPSA) is 62.6 Å². The lowest BCUT2D eigenvalue weighted by atomic mass is 10.3. The van der Waals surface area contributed by atoms with Gasteiger partial charge in [0.15, 0.2) is 6.10 Å². The molecule has 6 heteroatoms. The molecule has 0 bridgehead atoms. The van der Waals surface area contributed by atoms with Crippen molar-refractivity contribution in [3.05, 3.63) is 29.3 Å². The van der Waals surface area contributed by atoms with E-state index in [1.807, 2.05) is 6.07 Å². The van der Waals surface area contributed by atoms with E-state index < -0.39 is 6.09 Å². The number of halogens is 1. The molecular weight excluding hydrogens is 256 g/mol. The van der Waals surface area contributed by atoms with Crippen molar-refractivity contribution in [3.63, 3.8) is 0 Å². The third-order valence-corrected chi connectivity index (χ3v) is 2.71. The molecule has 1 atom stereocenters. The Bertz CT molecular complexity index is 469. The summed E-state index contributed by atoms with van der Waals surface area (Å²) in [4.78, 5) is 12.7. The molecule has 1 aromatic carbocycles.